The van der Waals surface area contributed by atoms with Gasteiger partial charge < -0.3 is 15.1 Å². The molecule has 4 aromatic carbocycles. The fourth-order valence-corrected chi connectivity index (χ4v) is 5.78. The summed E-state index contributed by atoms with van der Waals surface area (Å²) in [6.07, 6.45) is 0. The molecule has 1 aromatic heterocycles. The van der Waals surface area contributed by atoms with Crippen molar-refractivity contribution in [2.45, 2.75) is 13.5 Å². The van der Waals surface area contributed by atoms with E-state index in [1.165, 1.54) is 16.3 Å². The van der Waals surface area contributed by atoms with Crippen molar-refractivity contribution in [1.29, 1.82) is 0 Å². The predicted molar refractivity (Wildman–Crippen MR) is 157 cm³/mol. The molecule has 0 atom stereocenters. The van der Waals surface area contributed by atoms with Gasteiger partial charge >= 0.3 is 0 Å². The molecule has 1 aliphatic heterocycles. The summed E-state index contributed by atoms with van der Waals surface area (Å²) < 4.78 is 0. The van der Waals surface area contributed by atoms with Crippen molar-refractivity contribution in [3.05, 3.63) is 113 Å². The van der Waals surface area contributed by atoms with E-state index in [4.69, 9.17) is 4.98 Å². The van der Waals surface area contributed by atoms with E-state index in [1.54, 1.807) is 11.3 Å². The van der Waals surface area contributed by atoms with Gasteiger partial charge in [0.1, 0.15) is 0 Å². The number of carbonyl (C=O) groups excluding carboxylic acids is 1. The first-order chi connectivity index (χ1) is 18.7. The van der Waals surface area contributed by atoms with Gasteiger partial charge in [0.15, 0.2) is 5.13 Å². The van der Waals surface area contributed by atoms with Gasteiger partial charge in [-0.3, -0.25) is 4.79 Å². The molecule has 5 aromatic rings. The van der Waals surface area contributed by atoms with E-state index in [-0.39, 0.29) is 5.91 Å². The molecule has 6 rings (SSSR count). The number of thiazole rings is 1. The Bertz CT molecular complexity index is 1550. The monoisotopic (exact) mass is 518 g/mol. The lowest BCUT2D eigenvalue weighted by Gasteiger charge is -2.27. The average Bonchev–Trinajstić information content (AvgIpc) is 3.46. The van der Waals surface area contributed by atoms with Gasteiger partial charge in [0.2, 0.25) is 0 Å². The first kappa shape index (κ1) is 24.3. The summed E-state index contributed by atoms with van der Waals surface area (Å²) in [5.74, 6) is 0.103. The Labute approximate surface area is 227 Å². The Balaban J connectivity index is 1.34. The van der Waals surface area contributed by atoms with Gasteiger partial charge in [0, 0.05) is 48.1 Å². The van der Waals surface area contributed by atoms with E-state index in [0.717, 1.165) is 59.4 Å². The van der Waals surface area contributed by atoms with E-state index in [0.29, 0.717) is 6.54 Å². The number of piperazine rings is 1. The molecule has 0 bridgehead atoms. The third-order valence-electron chi connectivity index (χ3n) is 7.07. The van der Waals surface area contributed by atoms with Crippen LogP contribution in [0.1, 0.15) is 21.5 Å². The van der Waals surface area contributed by atoms with Crippen molar-refractivity contribution in [1.82, 2.24) is 15.2 Å². The third-order valence-corrected chi connectivity index (χ3v) is 7.94. The summed E-state index contributed by atoms with van der Waals surface area (Å²) in [5.41, 5.74) is 6.32. The van der Waals surface area contributed by atoms with Crippen LogP contribution in [0.2, 0.25) is 0 Å². The first-order valence-electron chi connectivity index (χ1n) is 13.0. The van der Waals surface area contributed by atoms with E-state index in [2.05, 4.69) is 101 Å². The number of hydrogen-bond acceptors (Lipinski definition) is 5. The topological polar surface area (TPSA) is 48.5 Å². The predicted octanol–water partition coefficient (Wildman–Crippen LogP) is 6.66. The molecular formula is C32H30N4OS. The second-order valence-corrected chi connectivity index (χ2v) is 10.5. The van der Waals surface area contributed by atoms with Crippen LogP contribution in [-0.4, -0.2) is 42.0 Å². The summed E-state index contributed by atoms with van der Waals surface area (Å²) in [5, 5.41) is 8.76. The van der Waals surface area contributed by atoms with Crippen LogP contribution in [0, 0.1) is 6.92 Å². The molecule has 0 saturated carbocycles. The molecule has 5 nitrogen and oxygen atoms in total. The highest BCUT2D eigenvalue weighted by atomic mass is 32.1. The molecule has 38 heavy (non-hydrogen) atoms. The number of fused-ring (bicyclic) bond motifs is 1. The number of benzene rings is 4. The molecule has 1 saturated heterocycles. The molecule has 1 fully saturated rings. The van der Waals surface area contributed by atoms with Crippen molar-refractivity contribution in [2.24, 2.45) is 0 Å². The van der Waals surface area contributed by atoms with Crippen LogP contribution >= 0.6 is 11.3 Å². The van der Waals surface area contributed by atoms with Gasteiger partial charge in [-0.25, -0.2) is 4.98 Å². The Kier molecular flexibility index (Phi) is 6.90. The smallest absolute Gasteiger partial charge is 0.253 e. The van der Waals surface area contributed by atoms with Gasteiger partial charge in [-0.15, -0.1) is 11.3 Å². The second kappa shape index (κ2) is 10.8. The molecule has 1 N–H and O–H groups in total. The van der Waals surface area contributed by atoms with Crippen molar-refractivity contribution in [3.63, 3.8) is 0 Å². The van der Waals surface area contributed by atoms with Crippen LogP contribution in [0.15, 0.2) is 96.4 Å². The lowest BCUT2D eigenvalue weighted by atomic mass is 10.1. The average molecular weight is 519 g/mol. The molecule has 0 unspecified atom stereocenters. The van der Waals surface area contributed by atoms with E-state index in [1.807, 2.05) is 17.0 Å². The molecule has 1 amide bonds. The summed E-state index contributed by atoms with van der Waals surface area (Å²) in [4.78, 5) is 22.3. The van der Waals surface area contributed by atoms with E-state index in [9.17, 15) is 4.79 Å². The van der Waals surface area contributed by atoms with Crippen molar-refractivity contribution in [2.75, 3.05) is 31.1 Å². The summed E-state index contributed by atoms with van der Waals surface area (Å²) in [7, 11) is 0. The fraction of sp³-hybridized carbons (Fsp3) is 0.188. The molecule has 0 radical (unpaired) electrons. The fourth-order valence-electron chi connectivity index (χ4n) is 4.93. The number of anilines is 2. The van der Waals surface area contributed by atoms with Crippen molar-refractivity contribution < 1.29 is 4.79 Å². The Morgan fingerprint density at radius 1 is 0.921 bits per heavy atom. The molecule has 6 heteroatoms. The number of aryl methyl sites for hydroxylation is 1. The van der Waals surface area contributed by atoms with Crippen LogP contribution < -0.4 is 10.2 Å². The highest BCUT2D eigenvalue weighted by Gasteiger charge is 2.20. The molecule has 190 valence electrons. The molecule has 0 spiro atoms. The van der Waals surface area contributed by atoms with Crippen LogP contribution in [0.5, 0.6) is 0 Å². The van der Waals surface area contributed by atoms with Gasteiger partial charge in [-0.2, -0.15) is 0 Å². The standard InChI is InChI=1S/C32H30N4OS/c1-23-9-13-26(14-10-23)29-22-38-32(34-29)36(30-8-4-6-25-5-2-3-7-28(25)30)21-24-11-15-27(16-12-24)31(37)35-19-17-33-18-20-35/h2-16,22,33H,17-21H2,1H3. The quantitative estimate of drug-likeness (QED) is 0.273. The SMILES string of the molecule is Cc1ccc(-c2csc(N(Cc3ccc(C(=O)N4CCNCC4)cc3)c3cccc4ccccc34)n2)cc1. The van der Waals surface area contributed by atoms with E-state index < -0.39 is 0 Å². The maximum atomic E-state index is 13.0. The van der Waals surface area contributed by atoms with Gasteiger partial charge in [-0.1, -0.05) is 78.4 Å². The van der Waals surface area contributed by atoms with Crippen LogP contribution in [0.25, 0.3) is 22.0 Å². The van der Waals surface area contributed by atoms with Gasteiger partial charge in [0.05, 0.1) is 17.9 Å². The number of amides is 1. The number of hydrogen-bond donors (Lipinski definition) is 1. The van der Waals surface area contributed by atoms with E-state index >= 15 is 0 Å². The zero-order chi connectivity index (χ0) is 25.9. The minimum absolute atomic E-state index is 0.103. The summed E-state index contributed by atoms with van der Waals surface area (Å²) in [6.45, 7) is 5.95. The zero-order valence-corrected chi connectivity index (χ0v) is 22.2. The Hall–Kier alpha value is -4.00. The van der Waals surface area contributed by atoms with Gasteiger partial charge in [0.25, 0.3) is 5.91 Å². The normalized spacial score (nSPS) is 13.6. The largest absolute Gasteiger partial charge is 0.336 e. The third kappa shape index (κ3) is 5.05. The summed E-state index contributed by atoms with van der Waals surface area (Å²) in [6, 6.07) is 31.5. The number of aromatic nitrogens is 1. The second-order valence-electron chi connectivity index (χ2n) is 9.70. The number of rotatable bonds is 6. The first-order valence-corrected chi connectivity index (χ1v) is 13.9. The lowest BCUT2D eigenvalue weighted by Crippen LogP contribution is -2.46. The lowest BCUT2D eigenvalue weighted by molar-refractivity contribution is 0.0736. The van der Waals surface area contributed by atoms with Crippen molar-refractivity contribution >= 4 is 38.8 Å². The molecule has 0 aliphatic carbocycles. The zero-order valence-electron chi connectivity index (χ0n) is 21.4. The Morgan fingerprint density at radius 2 is 1.66 bits per heavy atom. The Morgan fingerprint density at radius 3 is 2.45 bits per heavy atom. The maximum absolute atomic E-state index is 13.0. The number of nitrogens with one attached hydrogen (secondary N) is 1. The number of carbonyl (C=O) groups is 1. The molecular weight excluding hydrogens is 488 g/mol. The molecule has 2 heterocycles. The number of nitrogens with zero attached hydrogens (tertiary/aromatic N) is 3. The van der Waals surface area contributed by atoms with Gasteiger partial charge in [-0.05, 0) is 36.1 Å². The highest BCUT2D eigenvalue weighted by molar-refractivity contribution is 7.14. The van der Waals surface area contributed by atoms with Crippen LogP contribution in [-0.2, 0) is 6.54 Å². The molecule has 1 aliphatic rings. The minimum atomic E-state index is 0.103. The van der Waals surface area contributed by atoms with Crippen LogP contribution in [0.3, 0.4) is 0 Å². The highest BCUT2D eigenvalue weighted by Crippen LogP contribution is 2.37. The van der Waals surface area contributed by atoms with Crippen molar-refractivity contribution in [3.8, 4) is 11.3 Å². The maximum Gasteiger partial charge on any atom is 0.253 e. The summed E-state index contributed by atoms with van der Waals surface area (Å²) >= 11 is 1.65. The van der Waals surface area contributed by atoms with Crippen LogP contribution in [0.4, 0.5) is 10.8 Å². The minimum Gasteiger partial charge on any atom is -0.336 e.